The standard InChI is InChI=1S/C13H18FNO/c1-9-7-11(14)5-6-13(9)16-8-12(15-2)10-3-4-10/h5-7,10,12,15H,3-4,8H2,1-2H3. The maximum Gasteiger partial charge on any atom is 0.123 e. The first-order chi connectivity index (χ1) is 7.70. The van der Waals surface area contributed by atoms with E-state index in [-0.39, 0.29) is 5.82 Å². The summed E-state index contributed by atoms with van der Waals surface area (Å²) in [7, 11) is 1.96. The highest BCUT2D eigenvalue weighted by molar-refractivity contribution is 5.32. The molecule has 1 aromatic carbocycles. The Labute approximate surface area is 95.8 Å². The molecule has 0 aliphatic heterocycles. The van der Waals surface area contributed by atoms with Crippen LogP contribution in [0.1, 0.15) is 18.4 Å². The molecule has 0 saturated heterocycles. The number of hydrogen-bond acceptors (Lipinski definition) is 2. The van der Waals surface area contributed by atoms with Gasteiger partial charge in [0.25, 0.3) is 0 Å². The second-order valence-corrected chi connectivity index (χ2v) is 4.45. The highest BCUT2D eigenvalue weighted by atomic mass is 19.1. The summed E-state index contributed by atoms with van der Waals surface area (Å²) < 4.78 is 18.6. The molecule has 0 bridgehead atoms. The van der Waals surface area contributed by atoms with E-state index >= 15 is 0 Å². The average Bonchev–Trinajstić information content (AvgIpc) is 3.06. The minimum Gasteiger partial charge on any atom is -0.492 e. The lowest BCUT2D eigenvalue weighted by molar-refractivity contribution is 0.255. The van der Waals surface area contributed by atoms with Crippen molar-refractivity contribution < 1.29 is 9.13 Å². The van der Waals surface area contributed by atoms with Gasteiger partial charge in [-0.05, 0) is 56.5 Å². The monoisotopic (exact) mass is 223 g/mol. The van der Waals surface area contributed by atoms with E-state index in [1.165, 1.54) is 25.0 Å². The van der Waals surface area contributed by atoms with Crippen molar-refractivity contribution in [1.29, 1.82) is 0 Å². The van der Waals surface area contributed by atoms with Gasteiger partial charge >= 0.3 is 0 Å². The van der Waals surface area contributed by atoms with Crippen molar-refractivity contribution in [3.63, 3.8) is 0 Å². The Balaban J connectivity index is 1.92. The van der Waals surface area contributed by atoms with Crippen molar-refractivity contribution in [3.8, 4) is 5.75 Å². The van der Waals surface area contributed by atoms with Crippen molar-refractivity contribution in [3.05, 3.63) is 29.6 Å². The topological polar surface area (TPSA) is 21.3 Å². The zero-order valence-electron chi connectivity index (χ0n) is 9.79. The van der Waals surface area contributed by atoms with Gasteiger partial charge in [-0.1, -0.05) is 0 Å². The number of benzene rings is 1. The molecule has 1 aromatic rings. The van der Waals surface area contributed by atoms with Gasteiger partial charge in [-0.15, -0.1) is 0 Å². The fourth-order valence-corrected chi connectivity index (χ4v) is 1.91. The van der Waals surface area contributed by atoms with Crippen LogP contribution < -0.4 is 10.1 Å². The van der Waals surface area contributed by atoms with Gasteiger partial charge in [-0.2, -0.15) is 0 Å². The van der Waals surface area contributed by atoms with Gasteiger partial charge < -0.3 is 10.1 Å². The van der Waals surface area contributed by atoms with Crippen LogP contribution in [-0.4, -0.2) is 19.7 Å². The van der Waals surface area contributed by atoms with E-state index in [1.807, 2.05) is 14.0 Å². The Kier molecular flexibility index (Phi) is 3.44. The van der Waals surface area contributed by atoms with Crippen molar-refractivity contribution >= 4 is 0 Å². The van der Waals surface area contributed by atoms with E-state index in [4.69, 9.17) is 4.74 Å². The van der Waals surface area contributed by atoms with Crippen LogP contribution in [0.25, 0.3) is 0 Å². The lowest BCUT2D eigenvalue weighted by atomic mass is 10.2. The first-order valence-corrected chi connectivity index (χ1v) is 5.77. The minimum absolute atomic E-state index is 0.211. The largest absolute Gasteiger partial charge is 0.492 e. The summed E-state index contributed by atoms with van der Waals surface area (Å²) in [6.07, 6.45) is 2.58. The third-order valence-electron chi connectivity index (χ3n) is 3.12. The lowest BCUT2D eigenvalue weighted by Crippen LogP contribution is -2.33. The van der Waals surface area contributed by atoms with E-state index in [1.54, 1.807) is 6.07 Å². The van der Waals surface area contributed by atoms with Crippen molar-refractivity contribution in [1.82, 2.24) is 5.32 Å². The summed E-state index contributed by atoms with van der Waals surface area (Å²) in [6.45, 7) is 2.53. The van der Waals surface area contributed by atoms with E-state index in [2.05, 4.69) is 5.32 Å². The molecule has 16 heavy (non-hydrogen) atoms. The van der Waals surface area contributed by atoms with E-state index < -0.39 is 0 Å². The molecule has 88 valence electrons. The number of aryl methyl sites for hydroxylation is 1. The molecule has 0 amide bonds. The third-order valence-corrected chi connectivity index (χ3v) is 3.12. The van der Waals surface area contributed by atoms with E-state index in [9.17, 15) is 4.39 Å². The summed E-state index contributed by atoms with van der Waals surface area (Å²) in [5.74, 6) is 1.32. The Hall–Kier alpha value is -1.09. The fourth-order valence-electron chi connectivity index (χ4n) is 1.91. The zero-order chi connectivity index (χ0) is 11.5. The predicted molar refractivity (Wildman–Crippen MR) is 62.2 cm³/mol. The van der Waals surface area contributed by atoms with Gasteiger partial charge in [0, 0.05) is 6.04 Å². The first-order valence-electron chi connectivity index (χ1n) is 5.77. The third kappa shape index (κ3) is 2.73. The van der Waals surface area contributed by atoms with E-state index in [0.717, 1.165) is 17.2 Å². The summed E-state index contributed by atoms with van der Waals surface area (Å²) >= 11 is 0. The number of nitrogens with one attached hydrogen (secondary N) is 1. The highest BCUT2D eigenvalue weighted by Crippen LogP contribution is 2.32. The summed E-state index contributed by atoms with van der Waals surface area (Å²) in [6, 6.07) is 5.06. The normalized spacial score (nSPS) is 17.2. The van der Waals surface area contributed by atoms with Gasteiger partial charge in [0.2, 0.25) is 0 Å². The second kappa shape index (κ2) is 4.83. The van der Waals surface area contributed by atoms with E-state index in [0.29, 0.717) is 12.6 Å². The van der Waals surface area contributed by atoms with Gasteiger partial charge in [0.05, 0.1) is 0 Å². The van der Waals surface area contributed by atoms with Gasteiger partial charge in [0.15, 0.2) is 0 Å². The smallest absolute Gasteiger partial charge is 0.123 e. The van der Waals surface area contributed by atoms with Crippen LogP contribution in [0, 0.1) is 18.7 Å². The van der Waals surface area contributed by atoms with Gasteiger partial charge in [0.1, 0.15) is 18.2 Å². The molecule has 1 aliphatic rings. The van der Waals surface area contributed by atoms with Crippen LogP contribution in [0.3, 0.4) is 0 Å². The van der Waals surface area contributed by atoms with Crippen molar-refractivity contribution in [2.75, 3.05) is 13.7 Å². The quantitative estimate of drug-likeness (QED) is 0.828. The van der Waals surface area contributed by atoms with Gasteiger partial charge in [-0.25, -0.2) is 4.39 Å². The van der Waals surface area contributed by atoms with Crippen molar-refractivity contribution in [2.45, 2.75) is 25.8 Å². The molecule has 0 aromatic heterocycles. The maximum absolute atomic E-state index is 12.9. The molecule has 2 rings (SSSR count). The predicted octanol–water partition coefficient (Wildman–Crippen LogP) is 2.51. The average molecular weight is 223 g/mol. The number of ether oxygens (including phenoxy) is 1. The van der Waals surface area contributed by atoms with Crippen LogP contribution in [0.2, 0.25) is 0 Å². The Bertz CT molecular complexity index is 363. The number of hydrogen-bond donors (Lipinski definition) is 1. The molecule has 1 unspecified atom stereocenters. The molecule has 3 heteroatoms. The first kappa shape index (κ1) is 11.4. The zero-order valence-corrected chi connectivity index (χ0v) is 9.79. The summed E-state index contributed by atoms with van der Waals surface area (Å²) in [5.41, 5.74) is 0.852. The summed E-state index contributed by atoms with van der Waals surface area (Å²) in [5, 5.41) is 3.27. The van der Waals surface area contributed by atoms with Crippen molar-refractivity contribution in [2.24, 2.45) is 5.92 Å². The maximum atomic E-state index is 12.9. The Morgan fingerprint density at radius 3 is 2.81 bits per heavy atom. The van der Waals surface area contributed by atoms with Gasteiger partial charge in [-0.3, -0.25) is 0 Å². The number of halogens is 1. The number of rotatable bonds is 5. The molecule has 1 fully saturated rings. The van der Waals surface area contributed by atoms with Crippen LogP contribution in [0.15, 0.2) is 18.2 Å². The second-order valence-electron chi connectivity index (χ2n) is 4.45. The number of likely N-dealkylation sites (N-methyl/N-ethyl adjacent to an activating group) is 1. The molecule has 2 nitrogen and oxygen atoms in total. The minimum atomic E-state index is -0.211. The van der Waals surface area contributed by atoms with Crippen LogP contribution in [-0.2, 0) is 0 Å². The Morgan fingerprint density at radius 2 is 2.25 bits per heavy atom. The molecular weight excluding hydrogens is 205 g/mol. The molecule has 0 spiro atoms. The lowest BCUT2D eigenvalue weighted by Gasteiger charge is -2.17. The SMILES string of the molecule is CNC(COc1ccc(F)cc1C)C1CC1. The van der Waals surface area contributed by atoms with Crippen LogP contribution >= 0.6 is 0 Å². The fraction of sp³-hybridized carbons (Fsp3) is 0.538. The molecule has 0 heterocycles. The molecule has 0 radical (unpaired) electrons. The van der Waals surface area contributed by atoms with Crippen LogP contribution in [0.4, 0.5) is 4.39 Å². The molecule has 1 aliphatic carbocycles. The summed E-state index contributed by atoms with van der Waals surface area (Å²) in [4.78, 5) is 0. The molecule has 1 atom stereocenters. The molecule has 1 N–H and O–H groups in total. The van der Waals surface area contributed by atoms with Crippen LogP contribution in [0.5, 0.6) is 5.75 Å². The Morgan fingerprint density at radius 1 is 1.50 bits per heavy atom. The highest BCUT2D eigenvalue weighted by Gasteiger charge is 2.30. The molecule has 1 saturated carbocycles. The molecular formula is C13H18FNO.